The Morgan fingerprint density at radius 1 is 1.70 bits per heavy atom. The van der Waals surface area contributed by atoms with E-state index in [4.69, 9.17) is 5.73 Å². The molecule has 1 amide bonds. The van der Waals surface area contributed by atoms with Gasteiger partial charge in [-0.1, -0.05) is 13.0 Å². The first-order chi connectivity index (χ1) is 9.65. The van der Waals surface area contributed by atoms with E-state index in [0.29, 0.717) is 22.4 Å². The number of thioether (sulfide) groups is 1. The largest absolute Gasteiger partial charge is 0.397 e. The third kappa shape index (κ3) is 3.49. The van der Waals surface area contributed by atoms with E-state index in [9.17, 15) is 4.79 Å². The van der Waals surface area contributed by atoms with Gasteiger partial charge in [-0.3, -0.25) is 4.79 Å². The van der Waals surface area contributed by atoms with Gasteiger partial charge < -0.3 is 16.0 Å². The minimum Gasteiger partial charge on any atom is -0.397 e. The van der Waals surface area contributed by atoms with E-state index in [-0.39, 0.29) is 5.91 Å². The van der Waals surface area contributed by atoms with E-state index in [2.05, 4.69) is 23.7 Å². The molecule has 0 bridgehead atoms. The van der Waals surface area contributed by atoms with Crippen LogP contribution in [0.3, 0.4) is 0 Å². The molecule has 0 aliphatic carbocycles. The van der Waals surface area contributed by atoms with Crippen LogP contribution in [0.1, 0.15) is 23.0 Å². The van der Waals surface area contributed by atoms with Crippen LogP contribution in [0.15, 0.2) is 18.7 Å². The molecule has 0 spiro atoms. The minimum atomic E-state index is -0.114. The van der Waals surface area contributed by atoms with Crippen molar-refractivity contribution in [1.82, 2.24) is 5.32 Å². The summed E-state index contributed by atoms with van der Waals surface area (Å²) in [6, 6.07) is 1.93. The van der Waals surface area contributed by atoms with Crippen LogP contribution < -0.4 is 16.0 Å². The molecule has 0 aromatic carbocycles. The molecule has 2 rings (SSSR count). The van der Waals surface area contributed by atoms with Crippen LogP contribution in [-0.2, 0) is 0 Å². The summed E-state index contributed by atoms with van der Waals surface area (Å²) in [4.78, 5) is 14.9. The van der Waals surface area contributed by atoms with E-state index in [1.54, 1.807) is 6.08 Å². The van der Waals surface area contributed by atoms with Crippen molar-refractivity contribution in [3.05, 3.63) is 23.6 Å². The molecular formula is C14H21N3OS2. The summed E-state index contributed by atoms with van der Waals surface area (Å²) >= 11 is 3.51. The molecule has 1 saturated heterocycles. The highest BCUT2D eigenvalue weighted by molar-refractivity contribution is 8.00. The first-order valence-electron chi connectivity index (χ1n) is 6.80. The molecule has 3 N–H and O–H groups in total. The number of amides is 1. The second kappa shape index (κ2) is 7.04. The highest BCUT2D eigenvalue weighted by atomic mass is 32.2. The molecular weight excluding hydrogens is 290 g/mol. The molecule has 1 aromatic heterocycles. The van der Waals surface area contributed by atoms with Crippen molar-refractivity contribution in [2.24, 2.45) is 0 Å². The number of carbonyl (C=O) groups is 1. The zero-order chi connectivity index (χ0) is 14.5. The molecule has 1 fully saturated rings. The Balaban J connectivity index is 2.10. The van der Waals surface area contributed by atoms with E-state index < -0.39 is 0 Å². The lowest BCUT2D eigenvalue weighted by molar-refractivity contribution is 0.0963. The number of nitrogens with two attached hydrogens (primary N) is 1. The van der Waals surface area contributed by atoms with Gasteiger partial charge in [-0.2, -0.15) is 11.8 Å². The Labute approximate surface area is 128 Å². The van der Waals surface area contributed by atoms with Gasteiger partial charge in [-0.05, 0) is 12.5 Å². The van der Waals surface area contributed by atoms with Gasteiger partial charge in [0.2, 0.25) is 0 Å². The standard InChI is InChI=1S/C14H21N3OS2/c1-3-5-16-14(18)13-11(15)8-12(20-13)17-6-7-19-10(4-2)9-17/h3,8,10H,1,4-7,9,15H2,2H3,(H,16,18). The molecule has 20 heavy (non-hydrogen) atoms. The molecule has 4 nitrogen and oxygen atoms in total. The van der Waals surface area contributed by atoms with Gasteiger partial charge in [-0.15, -0.1) is 17.9 Å². The van der Waals surface area contributed by atoms with Crippen LogP contribution >= 0.6 is 23.1 Å². The van der Waals surface area contributed by atoms with Gasteiger partial charge >= 0.3 is 0 Å². The van der Waals surface area contributed by atoms with Gasteiger partial charge in [0.1, 0.15) is 4.88 Å². The van der Waals surface area contributed by atoms with Crippen LogP contribution in [0.5, 0.6) is 0 Å². The number of nitrogens with zero attached hydrogens (tertiary/aromatic N) is 1. The molecule has 1 atom stereocenters. The lowest BCUT2D eigenvalue weighted by Crippen LogP contribution is -2.37. The Morgan fingerprint density at radius 2 is 2.50 bits per heavy atom. The summed E-state index contributed by atoms with van der Waals surface area (Å²) in [7, 11) is 0. The van der Waals surface area contributed by atoms with Crippen molar-refractivity contribution >= 4 is 39.7 Å². The summed E-state index contributed by atoms with van der Waals surface area (Å²) in [5, 5.41) is 4.55. The van der Waals surface area contributed by atoms with Gasteiger partial charge in [0, 0.05) is 30.6 Å². The molecule has 6 heteroatoms. The van der Waals surface area contributed by atoms with Crippen LogP contribution in [0.2, 0.25) is 0 Å². The predicted octanol–water partition coefficient (Wildman–Crippen LogP) is 2.58. The average Bonchev–Trinajstić information content (AvgIpc) is 2.87. The second-order valence-corrected chi connectivity index (χ2v) is 7.15. The second-order valence-electron chi connectivity index (χ2n) is 4.71. The first kappa shape index (κ1) is 15.3. The molecule has 2 heterocycles. The summed E-state index contributed by atoms with van der Waals surface area (Å²) in [6.07, 6.45) is 2.84. The fourth-order valence-electron chi connectivity index (χ4n) is 2.14. The first-order valence-corrected chi connectivity index (χ1v) is 8.67. The monoisotopic (exact) mass is 311 g/mol. The maximum Gasteiger partial charge on any atom is 0.263 e. The summed E-state index contributed by atoms with van der Waals surface area (Å²) in [5.74, 6) is 1.02. The van der Waals surface area contributed by atoms with Crippen molar-refractivity contribution < 1.29 is 4.79 Å². The molecule has 0 radical (unpaired) electrons. The number of rotatable bonds is 5. The SMILES string of the molecule is C=CCNC(=O)c1sc(N2CCSC(CC)C2)cc1N. The molecule has 1 aromatic rings. The van der Waals surface area contributed by atoms with Gasteiger partial charge in [0.15, 0.2) is 0 Å². The number of anilines is 2. The van der Waals surface area contributed by atoms with E-state index in [0.717, 1.165) is 23.8 Å². The molecule has 1 unspecified atom stereocenters. The fraction of sp³-hybridized carbons (Fsp3) is 0.500. The highest BCUT2D eigenvalue weighted by Crippen LogP contribution is 2.35. The number of thiophene rings is 1. The number of nitrogens with one attached hydrogen (secondary N) is 1. The molecule has 110 valence electrons. The number of carbonyl (C=O) groups excluding carboxylic acids is 1. The van der Waals surface area contributed by atoms with E-state index in [1.807, 2.05) is 17.8 Å². The number of hydrogen-bond donors (Lipinski definition) is 2. The third-order valence-electron chi connectivity index (χ3n) is 3.27. The van der Waals surface area contributed by atoms with Crippen molar-refractivity contribution in [3.63, 3.8) is 0 Å². The zero-order valence-electron chi connectivity index (χ0n) is 11.7. The van der Waals surface area contributed by atoms with Crippen LogP contribution in [0.4, 0.5) is 10.7 Å². The highest BCUT2D eigenvalue weighted by Gasteiger charge is 2.22. The van der Waals surface area contributed by atoms with Crippen molar-refractivity contribution in [3.8, 4) is 0 Å². The van der Waals surface area contributed by atoms with Gasteiger partial charge in [0.05, 0.1) is 10.7 Å². The van der Waals surface area contributed by atoms with E-state index in [1.165, 1.54) is 17.8 Å². The minimum absolute atomic E-state index is 0.114. The van der Waals surface area contributed by atoms with Crippen LogP contribution in [0.25, 0.3) is 0 Å². The van der Waals surface area contributed by atoms with Crippen LogP contribution in [0, 0.1) is 0 Å². The number of hydrogen-bond acceptors (Lipinski definition) is 5. The smallest absolute Gasteiger partial charge is 0.263 e. The summed E-state index contributed by atoms with van der Waals surface area (Å²) in [5.41, 5.74) is 6.55. The van der Waals surface area contributed by atoms with Gasteiger partial charge in [-0.25, -0.2) is 0 Å². The lowest BCUT2D eigenvalue weighted by Gasteiger charge is -2.32. The Hall–Kier alpha value is -1.14. The van der Waals surface area contributed by atoms with Crippen molar-refractivity contribution in [2.75, 3.05) is 36.0 Å². The van der Waals surface area contributed by atoms with Crippen LogP contribution in [-0.4, -0.2) is 36.5 Å². The number of nitrogen functional groups attached to an aromatic ring is 1. The fourth-order valence-corrected chi connectivity index (χ4v) is 4.35. The summed E-state index contributed by atoms with van der Waals surface area (Å²) in [6.45, 7) is 8.33. The summed E-state index contributed by atoms with van der Waals surface area (Å²) < 4.78 is 0. The molecule has 0 saturated carbocycles. The maximum absolute atomic E-state index is 12.0. The molecule has 1 aliphatic heterocycles. The van der Waals surface area contributed by atoms with Crippen molar-refractivity contribution in [1.29, 1.82) is 0 Å². The third-order valence-corrected chi connectivity index (χ3v) is 5.85. The zero-order valence-corrected chi connectivity index (χ0v) is 13.4. The predicted molar refractivity (Wildman–Crippen MR) is 90.0 cm³/mol. The lowest BCUT2D eigenvalue weighted by atomic mass is 10.3. The van der Waals surface area contributed by atoms with Gasteiger partial charge in [0.25, 0.3) is 5.91 Å². The normalized spacial score (nSPS) is 18.9. The Morgan fingerprint density at radius 3 is 3.20 bits per heavy atom. The van der Waals surface area contributed by atoms with Crippen molar-refractivity contribution in [2.45, 2.75) is 18.6 Å². The maximum atomic E-state index is 12.0. The Bertz CT molecular complexity index is 487. The average molecular weight is 311 g/mol. The Kier molecular flexibility index (Phi) is 5.37. The topological polar surface area (TPSA) is 58.4 Å². The van der Waals surface area contributed by atoms with E-state index >= 15 is 0 Å². The molecule has 1 aliphatic rings. The quantitative estimate of drug-likeness (QED) is 0.821.